The number of nitrogens with one attached hydrogen (secondary N) is 1. The Bertz CT molecular complexity index is 1770. The van der Waals surface area contributed by atoms with Crippen molar-refractivity contribution in [2.24, 2.45) is 0 Å². The molecule has 8 heteroatoms. The molecule has 0 aliphatic heterocycles. The van der Waals surface area contributed by atoms with E-state index in [0.717, 1.165) is 41.8 Å². The molecule has 0 unspecified atom stereocenters. The maximum Gasteiger partial charge on any atom is 0.264 e. The van der Waals surface area contributed by atoms with Crippen molar-refractivity contribution in [2.75, 3.05) is 16.2 Å². The highest BCUT2D eigenvalue weighted by atomic mass is 32.2. The summed E-state index contributed by atoms with van der Waals surface area (Å²) in [5, 5.41) is 3.75. The van der Waals surface area contributed by atoms with Gasteiger partial charge in [0.15, 0.2) is 0 Å². The molecule has 198 valence electrons. The smallest absolute Gasteiger partial charge is 0.264 e. The number of benzene rings is 4. The Balaban J connectivity index is 1.38. The van der Waals surface area contributed by atoms with Gasteiger partial charge in [-0.3, -0.25) is 9.10 Å². The van der Waals surface area contributed by atoms with E-state index < -0.39 is 15.9 Å². The molecule has 0 saturated carbocycles. The minimum atomic E-state index is -3.98. The Labute approximate surface area is 233 Å². The largest absolute Gasteiger partial charge is 0.325 e. The first-order valence-corrected chi connectivity index (χ1v) is 14.8. The fourth-order valence-electron chi connectivity index (χ4n) is 4.22. The van der Waals surface area contributed by atoms with E-state index in [1.165, 1.54) is 5.56 Å². The van der Waals surface area contributed by atoms with Crippen LogP contribution in [0.3, 0.4) is 0 Å². The quantitative estimate of drug-likeness (QED) is 0.234. The van der Waals surface area contributed by atoms with Gasteiger partial charge < -0.3 is 5.32 Å². The van der Waals surface area contributed by atoms with E-state index in [1.54, 1.807) is 59.9 Å². The summed E-state index contributed by atoms with van der Waals surface area (Å²) in [6.45, 7) is 7.47. The summed E-state index contributed by atoms with van der Waals surface area (Å²) in [5.41, 5.74) is 7.05. The summed E-state index contributed by atoms with van der Waals surface area (Å²) in [4.78, 5) is 18.0. The topological polar surface area (TPSA) is 79.4 Å². The molecule has 0 spiro atoms. The molecule has 0 aliphatic carbocycles. The number of rotatable bonds is 7. The number of aryl methyl sites for hydroxylation is 4. The van der Waals surface area contributed by atoms with E-state index in [1.807, 2.05) is 51.1 Å². The van der Waals surface area contributed by atoms with Gasteiger partial charge in [-0.25, -0.2) is 13.4 Å². The van der Waals surface area contributed by atoms with E-state index in [0.29, 0.717) is 11.4 Å². The third-order valence-corrected chi connectivity index (χ3v) is 9.49. The van der Waals surface area contributed by atoms with Gasteiger partial charge in [0, 0.05) is 11.3 Å². The first-order valence-electron chi connectivity index (χ1n) is 12.5. The van der Waals surface area contributed by atoms with Crippen LogP contribution in [0.15, 0.2) is 89.8 Å². The van der Waals surface area contributed by atoms with E-state index in [-0.39, 0.29) is 11.4 Å². The average Bonchev–Trinajstić information content (AvgIpc) is 3.33. The van der Waals surface area contributed by atoms with Gasteiger partial charge in [-0.05, 0) is 105 Å². The van der Waals surface area contributed by atoms with Crippen LogP contribution in [0.1, 0.15) is 22.3 Å². The summed E-state index contributed by atoms with van der Waals surface area (Å²) < 4.78 is 29.6. The van der Waals surface area contributed by atoms with E-state index in [2.05, 4.69) is 18.3 Å². The normalized spacial score (nSPS) is 11.5. The molecular weight excluding hydrogens is 526 g/mol. The van der Waals surface area contributed by atoms with E-state index >= 15 is 0 Å². The monoisotopic (exact) mass is 555 g/mol. The predicted molar refractivity (Wildman–Crippen MR) is 160 cm³/mol. The first kappa shape index (κ1) is 26.6. The zero-order chi connectivity index (χ0) is 27.7. The lowest BCUT2D eigenvalue weighted by molar-refractivity contribution is -0.114. The minimum absolute atomic E-state index is 0.134. The van der Waals surface area contributed by atoms with Gasteiger partial charge in [-0.2, -0.15) is 0 Å². The van der Waals surface area contributed by atoms with Crippen molar-refractivity contribution < 1.29 is 13.2 Å². The SMILES string of the molecule is Cc1ccc(S(=O)(=O)N(CC(=O)Nc2ccc(-c3nc4ccc(C)cc4s3)cc2)c2ccc(C)c(C)c2)cc1. The Kier molecular flexibility index (Phi) is 7.25. The molecule has 6 nitrogen and oxygen atoms in total. The van der Waals surface area contributed by atoms with Crippen LogP contribution in [-0.2, 0) is 14.8 Å². The van der Waals surface area contributed by atoms with Crippen LogP contribution in [0, 0.1) is 27.7 Å². The van der Waals surface area contributed by atoms with Crippen molar-refractivity contribution in [2.45, 2.75) is 32.6 Å². The molecule has 5 rings (SSSR count). The fraction of sp³-hybridized carbons (Fsp3) is 0.161. The number of carbonyl (C=O) groups excluding carboxylic acids is 1. The second-order valence-corrected chi connectivity index (χ2v) is 12.6. The highest BCUT2D eigenvalue weighted by Crippen LogP contribution is 2.31. The van der Waals surface area contributed by atoms with Crippen LogP contribution in [0.2, 0.25) is 0 Å². The first-order chi connectivity index (χ1) is 18.6. The van der Waals surface area contributed by atoms with Crippen LogP contribution in [0.4, 0.5) is 11.4 Å². The fourth-order valence-corrected chi connectivity index (χ4v) is 6.70. The Morgan fingerprint density at radius 2 is 1.51 bits per heavy atom. The standard InChI is InChI=1S/C31H29N3O3S2/c1-20-5-14-27(15-6-20)39(36,37)34(26-13-8-22(3)23(4)18-26)19-30(35)32-25-11-9-24(10-12-25)31-33-28-16-7-21(2)17-29(28)38-31/h5-18H,19H2,1-4H3,(H,32,35). The third kappa shape index (κ3) is 5.72. The van der Waals surface area contributed by atoms with Crippen LogP contribution < -0.4 is 9.62 Å². The lowest BCUT2D eigenvalue weighted by atomic mass is 10.1. The van der Waals surface area contributed by atoms with E-state index in [9.17, 15) is 13.2 Å². The molecule has 4 aromatic carbocycles. The Morgan fingerprint density at radius 3 is 2.21 bits per heavy atom. The molecule has 0 fully saturated rings. The molecule has 5 aromatic rings. The number of amides is 1. The van der Waals surface area contributed by atoms with Crippen molar-refractivity contribution in [3.8, 4) is 10.6 Å². The number of nitrogens with zero attached hydrogens (tertiary/aromatic N) is 2. The van der Waals surface area contributed by atoms with E-state index in [4.69, 9.17) is 4.98 Å². The molecule has 0 radical (unpaired) electrons. The van der Waals surface area contributed by atoms with Crippen LogP contribution in [0.5, 0.6) is 0 Å². The number of hydrogen-bond acceptors (Lipinski definition) is 5. The number of carbonyl (C=O) groups is 1. The number of sulfonamides is 1. The predicted octanol–water partition coefficient (Wildman–Crippen LogP) is 7.03. The summed E-state index contributed by atoms with van der Waals surface area (Å²) in [6.07, 6.45) is 0. The summed E-state index contributed by atoms with van der Waals surface area (Å²) >= 11 is 1.62. The summed E-state index contributed by atoms with van der Waals surface area (Å²) in [7, 11) is -3.98. The maximum absolute atomic E-state index is 13.7. The highest BCUT2D eigenvalue weighted by Gasteiger charge is 2.27. The summed E-state index contributed by atoms with van der Waals surface area (Å²) in [6, 6.07) is 25.6. The van der Waals surface area contributed by atoms with Crippen molar-refractivity contribution in [1.82, 2.24) is 4.98 Å². The van der Waals surface area contributed by atoms with Gasteiger partial charge in [0.1, 0.15) is 11.6 Å². The second-order valence-electron chi connectivity index (χ2n) is 9.71. The molecule has 0 bridgehead atoms. The lowest BCUT2D eigenvalue weighted by Crippen LogP contribution is -2.38. The molecule has 1 aromatic heterocycles. The number of hydrogen-bond donors (Lipinski definition) is 1. The number of anilines is 2. The minimum Gasteiger partial charge on any atom is -0.325 e. The lowest BCUT2D eigenvalue weighted by Gasteiger charge is -2.25. The maximum atomic E-state index is 13.7. The molecule has 39 heavy (non-hydrogen) atoms. The average molecular weight is 556 g/mol. The van der Waals surface area contributed by atoms with Crippen LogP contribution in [0.25, 0.3) is 20.8 Å². The molecule has 0 saturated heterocycles. The molecule has 0 atom stereocenters. The zero-order valence-corrected chi connectivity index (χ0v) is 23.9. The van der Waals surface area contributed by atoms with Gasteiger partial charge in [-0.15, -0.1) is 11.3 Å². The number of thiazole rings is 1. The molecule has 1 heterocycles. The van der Waals surface area contributed by atoms with Crippen molar-refractivity contribution in [1.29, 1.82) is 0 Å². The van der Waals surface area contributed by atoms with Crippen molar-refractivity contribution in [3.05, 3.63) is 107 Å². The van der Waals surface area contributed by atoms with Crippen molar-refractivity contribution in [3.63, 3.8) is 0 Å². The molecule has 1 N–H and O–H groups in total. The Hall–Kier alpha value is -4.01. The zero-order valence-electron chi connectivity index (χ0n) is 22.2. The number of aromatic nitrogens is 1. The van der Waals surface area contributed by atoms with Crippen molar-refractivity contribution >= 4 is 48.9 Å². The number of fused-ring (bicyclic) bond motifs is 1. The molecular formula is C31H29N3O3S2. The second kappa shape index (κ2) is 10.6. The molecule has 1 amide bonds. The highest BCUT2D eigenvalue weighted by molar-refractivity contribution is 7.92. The molecule has 0 aliphatic rings. The third-order valence-electron chi connectivity index (χ3n) is 6.63. The summed E-state index contributed by atoms with van der Waals surface area (Å²) in [5.74, 6) is -0.438. The van der Waals surface area contributed by atoms with Gasteiger partial charge in [0.25, 0.3) is 10.0 Å². The van der Waals surface area contributed by atoms with Gasteiger partial charge in [0.2, 0.25) is 5.91 Å². The van der Waals surface area contributed by atoms with Crippen LogP contribution >= 0.6 is 11.3 Å². The van der Waals surface area contributed by atoms with Crippen LogP contribution in [-0.4, -0.2) is 25.9 Å². The Morgan fingerprint density at radius 1 is 0.821 bits per heavy atom. The van der Waals surface area contributed by atoms with Gasteiger partial charge in [0.05, 0.1) is 20.8 Å². The van der Waals surface area contributed by atoms with Gasteiger partial charge in [-0.1, -0.05) is 29.8 Å². The van der Waals surface area contributed by atoms with Gasteiger partial charge >= 0.3 is 0 Å².